The summed E-state index contributed by atoms with van der Waals surface area (Å²) in [5.74, 6) is 0.0910. The lowest BCUT2D eigenvalue weighted by molar-refractivity contribution is 0.512. The third kappa shape index (κ3) is 3.17. The van der Waals surface area contributed by atoms with E-state index in [2.05, 4.69) is 5.10 Å². The molecule has 18 heavy (non-hydrogen) atoms. The number of aryl methyl sites for hydroxylation is 1. The number of nitrogens with two attached hydrogens (primary N) is 1. The molecule has 1 aromatic heterocycles. The molecule has 96 valence electrons. The zero-order valence-electron chi connectivity index (χ0n) is 10.5. The van der Waals surface area contributed by atoms with Gasteiger partial charge in [0, 0.05) is 13.2 Å². The van der Waals surface area contributed by atoms with Crippen molar-refractivity contribution in [2.45, 2.75) is 12.8 Å². The Morgan fingerprint density at radius 1 is 1.33 bits per heavy atom. The summed E-state index contributed by atoms with van der Waals surface area (Å²) in [4.78, 5) is 0. The van der Waals surface area contributed by atoms with E-state index in [4.69, 9.17) is 5.73 Å². The Balaban J connectivity index is 2.04. The Morgan fingerprint density at radius 3 is 2.72 bits per heavy atom. The molecule has 0 saturated heterocycles. The van der Waals surface area contributed by atoms with Crippen molar-refractivity contribution in [1.29, 1.82) is 0 Å². The van der Waals surface area contributed by atoms with E-state index in [1.807, 2.05) is 31.6 Å². The summed E-state index contributed by atoms with van der Waals surface area (Å²) in [6.07, 6.45) is 5.31. The van der Waals surface area contributed by atoms with Crippen LogP contribution < -0.4 is 5.73 Å². The Hall–Kier alpha value is -1.68. The highest BCUT2D eigenvalue weighted by Gasteiger charge is 2.12. The van der Waals surface area contributed by atoms with Gasteiger partial charge in [0.25, 0.3) is 0 Å². The van der Waals surface area contributed by atoms with Crippen molar-refractivity contribution in [2.75, 3.05) is 6.54 Å². The molecule has 0 radical (unpaired) electrons. The van der Waals surface area contributed by atoms with Gasteiger partial charge in [0.2, 0.25) is 0 Å². The first-order chi connectivity index (χ1) is 8.69. The standard InChI is InChI=1S/C14H18FN3/c1-18-10-12(9-17-18)6-11(8-16)7-13-4-2-3-5-14(13)15/h2-5,9-11H,6-8,16H2,1H3. The van der Waals surface area contributed by atoms with Crippen LogP contribution in [0.15, 0.2) is 36.7 Å². The van der Waals surface area contributed by atoms with Gasteiger partial charge in [-0.3, -0.25) is 4.68 Å². The number of nitrogens with zero attached hydrogens (tertiary/aromatic N) is 2. The van der Waals surface area contributed by atoms with Gasteiger partial charge < -0.3 is 5.73 Å². The number of halogens is 1. The maximum atomic E-state index is 13.6. The van der Waals surface area contributed by atoms with Crippen LogP contribution in [0.4, 0.5) is 4.39 Å². The predicted molar refractivity (Wildman–Crippen MR) is 69.6 cm³/mol. The third-order valence-corrected chi connectivity index (χ3v) is 3.08. The van der Waals surface area contributed by atoms with Crippen LogP contribution in [0.25, 0.3) is 0 Å². The molecule has 2 N–H and O–H groups in total. The topological polar surface area (TPSA) is 43.8 Å². The molecule has 0 aliphatic heterocycles. The number of benzene rings is 1. The normalized spacial score (nSPS) is 12.6. The van der Waals surface area contributed by atoms with E-state index in [9.17, 15) is 4.39 Å². The summed E-state index contributed by atoms with van der Waals surface area (Å²) in [5.41, 5.74) is 7.65. The molecule has 1 heterocycles. The molecule has 1 unspecified atom stereocenters. The van der Waals surface area contributed by atoms with Gasteiger partial charge in [0.15, 0.2) is 0 Å². The highest BCUT2D eigenvalue weighted by molar-refractivity contribution is 5.18. The van der Waals surface area contributed by atoms with Crippen LogP contribution >= 0.6 is 0 Å². The summed E-state index contributed by atoms with van der Waals surface area (Å²) < 4.78 is 15.3. The van der Waals surface area contributed by atoms with Gasteiger partial charge in [-0.1, -0.05) is 18.2 Å². The molecule has 0 saturated carbocycles. The first-order valence-electron chi connectivity index (χ1n) is 6.10. The lowest BCUT2D eigenvalue weighted by Crippen LogP contribution is -2.19. The minimum atomic E-state index is -0.151. The third-order valence-electron chi connectivity index (χ3n) is 3.08. The van der Waals surface area contributed by atoms with E-state index in [1.165, 1.54) is 6.07 Å². The molecule has 0 aliphatic rings. The molecule has 2 rings (SSSR count). The van der Waals surface area contributed by atoms with Gasteiger partial charge in [-0.25, -0.2) is 4.39 Å². The van der Waals surface area contributed by atoms with Gasteiger partial charge in [-0.05, 0) is 42.5 Å². The van der Waals surface area contributed by atoms with Crippen molar-refractivity contribution in [3.05, 3.63) is 53.6 Å². The molecule has 3 nitrogen and oxygen atoms in total. The van der Waals surface area contributed by atoms with Gasteiger partial charge in [-0.15, -0.1) is 0 Å². The first-order valence-corrected chi connectivity index (χ1v) is 6.10. The van der Waals surface area contributed by atoms with E-state index in [-0.39, 0.29) is 11.7 Å². The SMILES string of the molecule is Cn1cc(CC(CN)Cc2ccccc2F)cn1. The summed E-state index contributed by atoms with van der Waals surface area (Å²) in [6, 6.07) is 6.88. The van der Waals surface area contributed by atoms with Crippen molar-refractivity contribution < 1.29 is 4.39 Å². The van der Waals surface area contributed by atoms with Crippen molar-refractivity contribution in [3.63, 3.8) is 0 Å². The van der Waals surface area contributed by atoms with E-state index >= 15 is 0 Å². The van der Waals surface area contributed by atoms with E-state index < -0.39 is 0 Å². The molecule has 4 heteroatoms. The average Bonchev–Trinajstić information content (AvgIpc) is 2.76. The van der Waals surface area contributed by atoms with Gasteiger partial charge in [-0.2, -0.15) is 5.10 Å². The molecule has 0 aliphatic carbocycles. The molecule has 0 spiro atoms. The van der Waals surface area contributed by atoms with Crippen molar-refractivity contribution in [1.82, 2.24) is 9.78 Å². The summed E-state index contributed by atoms with van der Waals surface area (Å²) >= 11 is 0. The first kappa shape index (κ1) is 12.8. The fourth-order valence-electron chi connectivity index (χ4n) is 2.12. The lowest BCUT2D eigenvalue weighted by Gasteiger charge is -2.14. The highest BCUT2D eigenvalue weighted by atomic mass is 19.1. The second kappa shape index (κ2) is 5.78. The summed E-state index contributed by atoms with van der Waals surface area (Å²) in [6.45, 7) is 0.545. The minimum Gasteiger partial charge on any atom is -0.330 e. The second-order valence-electron chi connectivity index (χ2n) is 4.62. The second-order valence-corrected chi connectivity index (χ2v) is 4.62. The van der Waals surface area contributed by atoms with Gasteiger partial charge in [0.1, 0.15) is 5.82 Å². The molecule has 2 aromatic rings. The molecular weight excluding hydrogens is 229 g/mol. The van der Waals surface area contributed by atoms with E-state index in [1.54, 1.807) is 10.7 Å². The number of rotatable bonds is 5. The summed E-state index contributed by atoms with van der Waals surface area (Å²) in [5, 5.41) is 4.13. The van der Waals surface area contributed by atoms with Crippen LogP contribution in [0.3, 0.4) is 0 Å². The lowest BCUT2D eigenvalue weighted by atomic mass is 9.93. The van der Waals surface area contributed by atoms with Crippen molar-refractivity contribution in [2.24, 2.45) is 18.7 Å². The maximum Gasteiger partial charge on any atom is 0.126 e. The van der Waals surface area contributed by atoms with Crippen molar-refractivity contribution >= 4 is 0 Å². The van der Waals surface area contributed by atoms with Crippen LogP contribution in [0.2, 0.25) is 0 Å². The Labute approximate surface area is 106 Å². The van der Waals surface area contributed by atoms with Gasteiger partial charge in [0.05, 0.1) is 6.20 Å². The molecule has 0 bridgehead atoms. The maximum absolute atomic E-state index is 13.6. The largest absolute Gasteiger partial charge is 0.330 e. The molecular formula is C14H18FN3. The van der Waals surface area contributed by atoms with Crippen LogP contribution in [0.1, 0.15) is 11.1 Å². The Morgan fingerprint density at radius 2 is 2.11 bits per heavy atom. The zero-order valence-corrected chi connectivity index (χ0v) is 10.5. The smallest absolute Gasteiger partial charge is 0.126 e. The van der Waals surface area contributed by atoms with Crippen LogP contribution in [0, 0.1) is 11.7 Å². The molecule has 1 atom stereocenters. The van der Waals surface area contributed by atoms with Crippen molar-refractivity contribution in [3.8, 4) is 0 Å². The predicted octanol–water partition coefficient (Wildman–Crippen LogP) is 1.92. The molecule has 0 amide bonds. The van der Waals surface area contributed by atoms with Crippen LogP contribution in [-0.2, 0) is 19.9 Å². The number of hydrogen-bond acceptors (Lipinski definition) is 2. The number of aromatic nitrogens is 2. The average molecular weight is 247 g/mol. The minimum absolute atomic E-state index is 0.151. The van der Waals surface area contributed by atoms with E-state index in [0.29, 0.717) is 13.0 Å². The Bertz CT molecular complexity index is 507. The van der Waals surface area contributed by atoms with Gasteiger partial charge >= 0.3 is 0 Å². The molecule has 1 aromatic carbocycles. The molecule has 0 fully saturated rings. The monoisotopic (exact) mass is 247 g/mol. The van der Waals surface area contributed by atoms with E-state index in [0.717, 1.165) is 17.5 Å². The quantitative estimate of drug-likeness (QED) is 0.877. The fraction of sp³-hybridized carbons (Fsp3) is 0.357. The zero-order chi connectivity index (χ0) is 13.0. The van der Waals surface area contributed by atoms with Crippen LogP contribution in [0.5, 0.6) is 0 Å². The highest BCUT2D eigenvalue weighted by Crippen LogP contribution is 2.16. The summed E-state index contributed by atoms with van der Waals surface area (Å²) in [7, 11) is 1.89. The fourth-order valence-corrected chi connectivity index (χ4v) is 2.12. The van der Waals surface area contributed by atoms with Crippen LogP contribution in [-0.4, -0.2) is 16.3 Å². The number of hydrogen-bond donors (Lipinski definition) is 1. The Kier molecular flexibility index (Phi) is 4.10.